The highest BCUT2D eigenvalue weighted by atomic mass is 19.3. The van der Waals surface area contributed by atoms with Crippen molar-refractivity contribution >= 4 is 0 Å². The molecule has 0 spiro atoms. The second kappa shape index (κ2) is 5.11. The first-order chi connectivity index (χ1) is 7.47. The zero-order chi connectivity index (χ0) is 12.2. The molecule has 1 rings (SSSR count). The number of rotatable bonds is 5. The SMILES string of the molecule is NCc1cccnc1OCC(F)(F)C(F)F. The van der Waals surface area contributed by atoms with E-state index in [0.717, 1.165) is 0 Å². The number of alkyl halides is 4. The van der Waals surface area contributed by atoms with Crippen LogP contribution < -0.4 is 10.5 Å². The Bertz CT molecular complexity index is 346. The summed E-state index contributed by atoms with van der Waals surface area (Å²) in [6, 6.07) is 3.06. The van der Waals surface area contributed by atoms with E-state index in [2.05, 4.69) is 9.72 Å². The fourth-order valence-corrected chi connectivity index (χ4v) is 0.937. The minimum absolute atomic E-state index is 0.0312. The van der Waals surface area contributed by atoms with Crippen molar-refractivity contribution in [3.05, 3.63) is 23.9 Å². The van der Waals surface area contributed by atoms with Crippen molar-refractivity contribution in [1.82, 2.24) is 4.98 Å². The Morgan fingerprint density at radius 3 is 2.69 bits per heavy atom. The Hall–Kier alpha value is -1.37. The molecule has 90 valence electrons. The van der Waals surface area contributed by atoms with Gasteiger partial charge in [-0.3, -0.25) is 0 Å². The number of nitrogens with zero attached hydrogens (tertiary/aromatic N) is 1. The van der Waals surface area contributed by atoms with Crippen molar-refractivity contribution in [2.24, 2.45) is 5.73 Å². The molecule has 0 saturated heterocycles. The van der Waals surface area contributed by atoms with Gasteiger partial charge in [0.1, 0.15) is 0 Å². The third kappa shape index (κ3) is 3.06. The molecule has 0 amide bonds. The lowest BCUT2D eigenvalue weighted by atomic mass is 10.3. The first-order valence-corrected chi connectivity index (χ1v) is 4.40. The smallest absolute Gasteiger partial charge is 0.340 e. The van der Waals surface area contributed by atoms with E-state index in [1.807, 2.05) is 0 Å². The van der Waals surface area contributed by atoms with Gasteiger partial charge in [0.2, 0.25) is 5.88 Å². The van der Waals surface area contributed by atoms with E-state index < -0.39 is 19.0 Å². The van der Waals surface area contributed by atoms with Gasteiger partial charge in [0.05, 0.1) is 0 Å². The van der Waals surface area contributed by atoms with Gasteiger partial charge in [-0.1, -0.05) is 6.07 Å². The number of hydrogen-bond acceptors (Lipinski definition) is 3. The number of hydrogen-bond donors (Lipinski definition) is 1. The van der Waals surface area contributed by atoms with Crippen LogP contribution in [0.1, 0.15) is 5.56 Å². The Labute approximate surface area is 89.2 Å². The summed E-state index contributed by atoms with van der Waals surface area (Å²) in [6.07, 6.45) is -2.47. The summed E-state index contributed by atoms with van der Waals surface area (Å²) in [4.78, 5) is 3.63. The van der Waals surface area contributed by atoms with E-state index in [9.17, 15) is 17.6 Å². The van der Waals surface area contributed by atoms with Crippen LogP contribution in [-0.4, -0.2) is 23.9 Å². The predicted octanol–water partition coefficient (Wildman–Crippen LogP) is 1.82. The van der Waals surface area contributed by atoms with Crippen LogP contribution in [0.4, 0.5) is 17.6 Å². The first kappa shape index (κ1) is 12.7. The quantitative estimate of drug-likeness (QED) is 0.796. The van der Waals surface area contributed by atoms with Crippen molar-refractivity contribution in [2.45, 2.75) is 18.9 Å². The summed E-state index contributed by atoms with van der Waals surface area (Å²) in [5, 5.41) is 0. The second-order valence-corrected chi connectivity index (χ2v) is 3.02. The molecule has 0 radical (unpaired) electrons. The average molecular weight is 238 g/mol. The Balaban J connectivity index is 2.67. The molecule has 2 N–H and O–H groups in total. The Morgan fingerprint density at radius 1 is 1.44 bits per heavy atom. The minimum Gasteiger partial charge on any atom is -0.471 e. The second-order valence-electron chi connectivity index (χ2n) is 3.02. The summed E-state index contributed by atoms with van der Waals surface area (Å²) in [5.74, 6) is -4.34. The number of nitrogens with two attached hydrogens (primary N) is 1. The predicted molar refractivity (Wildman–Crippen MR) is 48.6 cm³/mol. The highest BCUT2D eigenvalue weighted by Gasteiger charge is 2.41. The molecule has 1 aromatic heterocycles. The average Bonchev–Trinajstić information content (AvgIpc) is 2.26. The maximum Gasteiger partial charge on any atom is 0.340 e. The molecule has 16 heavy (non-hydrogen) atoms. The number of ether oxygens (including phenoxy) is 1. The van der Waals surface area contributed by atoms with E-state index in [-0.39, 0.29) is 12.4 Å². The standard InChI is InChI=1S/C9H10F4N2O/c10-8(11)9(12,13)5-16-7-6(4-14)2-1-3-15-7/h1-3,8H,4-5,14H2. The zero-order valence-electron chi connectivity index (χ0n) is 8.17. The molecule has 0 aliphatic carbocycles. The molecule has 1 aromatic rings. The molecule has 0 bridgehead atoms. The van der Waals surface area contributed by atoms with Crippen molar-refractivity contribution in [3.8, 4) is 5.88 Å². The van der Waals surface area contributed by atoms with E-state index >= 15 is 0 Å². The molecule has 0 aliphatic heterocycles. The molecule has 3 nitrogen and oxygen atoms in total. The van der Waals surface area contributed by atoms with Crippen molar-refractivity contribution < 1.29 is 22.3 Å². The molecule has 1 heterocycles. The molecule has 0 unspecified atom stereocenters. The van der Waals surface area contributed by atoms with Crippen LogP contribution in [-0.2, 0) is 6.54 Å². The minimum atomic E-state index is -4.19. The van der Waals surface area contributed by atoms with Crippen molar-refractivity contribution in [1.29, 1.82) is 0 Å². The van der Waals surface area contributed by atoms with Gasteiger partial charge in [0.15, 0.2) is 6.61 Å². The van der Waals surface area contributed by atoms with Crippen LogP contribution in [0.2, 0.25) is 0 Å². The van der Waals surface area contributed by atoms with Gasteiger partial charge in [-0.05, 0) is 6.07 Å². The maximum absolute atomic E-state index is 12.5. The molecule has 0 atom stereocenters. The number of halogens is 4. The van der Waals surface area contributed by atoms with Crippen LogP contribution in [0, 0.1) is 0 Å². The largest absolute Gasteiger partial charge is 0.471 e. The van der Waals surface area contributed by atoms with Gasteiger partial charge in [0.25, 0.3) is 0 Å². The molecule has 7 heteroatoms. The van der Waals surface area contributed by atoms with Gasteiger partial charge in [-0.2, -0.15) is 8.78 Å². The van der Waals surface area contributed by atoms with Gasteiger partial charge < -0.3 is 10.5 Å². The van der Waals surface area contributed by atoms with Crippen LogP contribution in [0.15, 0.2) is 18.3 Å². The summed E-state index contributed by atoms with van der Waals surface area (Å²) < 4.78 is 53.2. The third-order valence-electron chi connectivity index (χ3n) is 1.79. The van der Waals surface area contributed by atoms with Gasteiger partial charge in [0, 0.05) is 18.3 Å². The highest BCUT2D eigenvalue weighted by molar-refractivity contribution is 5.24. The normalized spacial score (nSPS) is 11.9. The van der Waals surface area contributed by atoms with E-state index in [0.29, 0.717) is 5.56 Å². The maximum atomic E-state index is 12.5. The van der Waals surface area contributed by atoms with E-state index in [4.69, 9.17) is 5.73 Å². The fourth-order valence-electron chi connectivity index (χ4n) is 0.937. The molecule has 0 aliphatic rings. The number of pyridine rings is 1. The first-order valence-electron chi connectivity index (χ1n) is 4.40. The molecular weight excluding hydrogens is 228 g/mol. The monoisotopic (exact) mass is 238 g/mol. The van der Waals surface area contributed by atoms with Gasteiger partial charge in [-0.15, -0.1) is 0 Å². The number of aromatic nitrogens is 1. The van der Waals surface area contributed by atoms with E-state index in [1.165, 1.54) is 12.3 Å². The van der Waals surface area contributed by atoms with Gasteiger partial charge in [-0.25, -0.2) is 13.8 Å². The van der Waals surface area contributed by atoms with Crippen LogP contribution in [0.25, 0.3) is 0 Å². The summed E-state index contributed by atoms with van der Waals surface area (Å²) in [5.41, 5.74) is 5.68. The lowest BCUT2D eigenvalue weighted by Crippen LogP contribution is -2.34. The topological polar surface area (TPSA) is 48.1 Å². The Kier molecular flexibility index (Phi) is 4.05. The van der Waals surface area contributed by atoms with Crippen LogP contribution in [0.3, 0.4) is 0 Å². The third-order valence-corrected chi connectivity index (χ3v) is 1.79. The Morgan fingerprint density at radius 2 is 2.12 bits per heavy atom. The van der Waals surface area contributed by atoms with Gasteiger partial charge >= 0.3 is 12.3 Å². The molecular formula is C9H10F4N2O. The summed E-state index contributed by atoms with van der Waals surface area (Å²) in [7, 11) is 0. The lowest BCUT2D eigenvalue weighted by molar-refractivity contribution is -0.148. The molecule has 0 aromatic carbocycles. The summed E-state index contributed by atoms with van der Waals surface area (Å²) >= 11 is 0. The fraction of sp³-hybridized carbons (Fsp3) is 0.444. The lowest BCUT2D eigenvalue weighted by Gasteiger charge is -2.16. The molecule has 0 fully saturated rings. The van der Waals surface area contributed by atoms with Crippen molar-refractivity contribution in [3.63, 3.8) is 0 Å². The van der Waals surface area contributed by atoms with E-state index in [1.54, 1.807) is 6.07 Å². The highest BCUT2D eigenvalue weighted by Crippen LogP contribution is 2.24. The zero-order valence-corrected chi connectivity index (χ0v) is 8.17. The summed E-state index contributed by atoms with van der Waals surface area (Å²) in [6.45, 7) is -1.39. The van der Waals surface area contributed by atoms with Crippen molar-refractivity contribution in [2.75, 3.05) is 6.61 Å². The van der Waals surface area contributed by atoms with Crippen LogP contribution in [0.5, 0.6) is 5.88 Å². The molecule has 0 saturated carbocycles. The van der Waals surface area contributed by atoms with Crippen LogP contribution >= 0.6 is 0 Å².